The minimum absolute atomic E-state index is 0.172. The van der Waals surface area contributed by atoms with Crippen LogP contribution in [0.25, 0.3) is 0 Å². The van der Waals surface area contributed by atoms with Gasteiger partial charge in [-0.05, 0) is 43.2 Å². The first kappa shape index (κ1) is 25.7. The van der Waals surface area contributed by atoms with Crippen molar-refractivity contribution in [2.24, 2.45) is 0 Å². The Morgan fingerprint density at radius 2 is 1.93 bits per heavy atom. The minimum Gasteiger partial charge on any atom is -0.436 e. The van der Waals surface area contributed by atoms with Gasteiger partial charge in [-0.3, -0.25) is 9.59 Å². The van der Waals surface area contributed by atoms with E-state index in [4.69, 9.17) is 4.74 Å². The highest BCUT2D eigenvalue weighted by Crippen LogP contribution is 2.50. The van der Waals surface area contributed by atoms with E-state index >= 15 is 0 Å². The topological polar surface area (TPSA) is 151 Å². The molecule has 0 spiro atoms. The average molecular weight is 559 g/mol. The van der Waals surface area contributed by atoms with Gasteiger partial charge in [-0.25, -0.2) is 19.7 Å². The van der Waals surface area contributed by atoms with Gasteiger partial charge in [0.05, 0.1) is 17.9 Å². The van der Waals surface area contributed by atoms with Crippen molar-refractivity contribution in [1.82, 2.24) is 36.1 Å². The summed E-state index contributed by atoms with van der Waals surface area (Å²) in [4.78, 5) is 49.3. The third-order valence-corrected chi connectivity index (χ3v) is 8.38. The number of anilines is 2. The van der Waals surface area contributed by atoms with E-state index in [-0.39, 0.29) is 23.9 Å². The number of ether oxygens (including phenoxy) is 1. The number of urea groups is 1. The number of nitrogens with zero attached hydrogens (tertiary/aromatic N) is 5. The van der Waals surface area contributed by atoms with E-state index in [2.05, 4.69) is 42.7 Å². The lowest BCUT2D eigenvalue weighted by atomic mass is 9.89. The summed E-state index contributed by atoms with van der Waals surface area (Å²) in [5, 5.41) is 16.8. The third-order valence-electron chi connectivity index (χ3n) is 7.09. The number of thioether (sulfide) groups is 1. The van der Waals surface area contributed by atoms with Gasteiger partial charge in [0.2, 0.25) is 17.7 Å². The number of carbonyl (C=O) groups is 3. The summed E-state index contributed by atoms with van der Waals surface area (Å²) in [7, 11) is 0. The van der Waals surface area contributed by atoms with Crippen LogP contribution in [-0.4, -0.2) is 55.3 Å². The number of rotatable bonds is 7. The van der Waals surface area contributed by atoms with Crippen LogP contribution in [0.4, 0.5) is 16.3 Å². The molecule has 0 aromatic carbocycles. The maximum atomic E-state index is 13.5. The lowest BCUT2D eigenvalue weighted by molar-refractivity contribution is -0.123. The van der Waals surface area contributed by atoms with Crippen LogP contribution in [0.5, 0.6) is 11.6 Å². The van der Waals surface area contributed by atoms with Gasteiger partial charge in [0.15, 0.2) is 0 Å². The molecule has 0 bridgehead atoms. The summed E-state index contributed by atoms with van der Waals surface area (Å²) < 4.78 is 5.66. The predicted molar refractivity (Wildman–Crippen MR) is 146 cm³/mol. The Kier molecular flexibility index (Phi) is 7.03. The lowest BCUT2D eigenvalue weighted by Gasteiger charge is -2.35. The van der Waals surface area contributed by atoms with Crippen LogP contribution in [0.2, 0.25) is 0 Å². The van der Waals surface area contributed by atoms with Crippen LogP contribution in [0, 0.1) is 0 Å². The summed E-state index contributed by atoms with van der Waals surface area (Å²) in [5.74, 6) is 0.686. The quantitative estimate of drug-likeness (QED) is 0.371. The molecule has 4 atom stereocenters. The SMILES string of the molecule is C=CC(=O)N[C@H]1CCCC[C@H]1NC(=O)C1Sc2nccc3c2C1NC(=O)N3c1ccc(Oc2cccnn2)cn1. The molecular formula is C27H26N8O4S. The fourth-order valence-corrected chi connectivity index (χ4v) is 6.50. The summed E-state index contributed by atoms with van der Waals surface area (Å²) >= 11 is 1.32. The lowest BCUT2D eigenvalue weighted by Crippen LogP contribution is -2.56. The molecule has 13 heteroatoms. The van der Waals surface area contributed by atoms with Gasteiger partial charge in [-0.15, -0.1) is 5.10 Å². The minimum atomic E-state index is -0.608. The molecular weight excluding hydrogens is 532 g/mol. The normalized spacial score (nSPS) is 23.0. The molecule has 3 aromatic heterocycles. The predicted octanol–water partition coefficient (Wildman–Crippen LogP) is 3.17. The zero-order chi connectivity index (χ0) is 27.6. The third kappa shape index (κ3) is 4.95. The number of carbonyl (C=O) groups excluding carboxylic acids is 3. The number of hydrogen-bond acceptors (Lipinski definition) is 9. The molecule has 5 heterocycles. The fourth-order valence-electron chi connectivity index (χ4n) is 5.26. The van der Waals surface area contributed by atoms with Crippen molar-refractivity contribution in [2.45, 2.75) is 54.1 Å². The highest BCUT2D eigenvalue weighted by molar-refractivity contribution is 8.01. The maximum absolute atomic E-state index is 13.5. The summed E-state index contributed by atoms with van der Waals surface area (Å²) in [5.41, 5.74) is 1.39. The van der Waals surface area contributed by atoms with Gasteiger partial charge in [-0.1, -0.05) is 31.2 Å². The molecule has 0 saturated heterocycles. The molecule has 2 unspecified atom stereocenters. The van der Waals surface area contributed by atoms with Crippen LogP contribution < -0.4 is 25.6 Å². The Bertz CT molecular complexity index is 1450. The molecule has 3 N–H and O–H groups in total. The van der Waals surface area contributed by atoms with Crippen molar-refractivity contribution < 1.29 is 19.1 Å². The zero-order valence-corrected chi connectivity index (χ0v) is 22.1. The van der Waals surface area contributed by atoms with E-state index in [9.17, 15) is 14.4 Å². The standard InChI is InChI=1S/C27H26N8O4S/c1-2-20(36)31-16-6-3-4-7-17(16)32-25(37)24-23-22-18(11-13-28-26(22)40-24)35(27(38)33-23)19-10-9-15(14-29-19)39-21-8-5-12-30-34-21/h2,5,8-14,16-17,23-24H,1,3-4,6-7H2,(H,31,36)(H,32,37)(H,33,38)/t16-,17+,23?,24?/m0/s1. The Hall–Kier alpha value is -4.52. The number of aromatic nitrogens is 4. The largest absolute Gasteiger partial charge is 0.436 e. The van der Waals surface area contributed by atoms with Crippen molar-refractivity contribution >= 4 is 41.1 Å². The molecule has 40 heavy (non-hydrogen) atoms. The molecule has 4 amide bonds. The van der Waals surface area contributed by atoms with Crippen molar-refractivity contribution in [3.63, 3.8) is 0 Å². The number of hydrogen-bond donors (Lipinski definition) is 3. The first-order valence-corrected chi connectivity index (χ1v) is 13.8. The Morgan fingerprint density at radius 1 is 1.10 bits per heavy atom. The number of pyridine rings is 2. The van der Waals surface area contributed by atoms with Gasteiger partial charge in [0.1, 0.15) is 21.8 Å². The highest BCUT2D eigenvalue weighted by Gasteiger charge is 2.47. The summed E-state index contributed by atoms with van der Waals surface area (Å²) in [6.45, 7) is 3.52. The molecule has 204 valence electrons. The molecule has 3 aliphatic rings. The van der Waals surface area contributed by atoms with Crippen LogP contribution in [0.15, 0.2) is 66.6 Å². The molecule has 3 aromatic rings. The van der Waals surface area contributed by atoms with Crippen molar-refractivity contribution in [1.29, 1.82) is 0 Å². The van der Waals surface area contributed by atoms with Gasteiger partial charge in [0, 0.05) is 36.1 Å². The van der Waals surface area contributed by atoms with Crippen molar-refractivity contribution in [3.05, 3.63) is 67.1 Å². The zero-order valence-electron chi connectivity index (χ0n) is 21.3. The van der Waals surface area contributed by atoms with E-state index in [0.717, 1.165) is 31.2 Å². The molecule has 1 aliphatic carbocycles. The van der Waals surface area contributed by atoms with E-state index in [1.807, 2.05) is 0 Å². The van der Waals surface area contributed by atoms with Gasteiger partial charge < -0.3 is 20.7 Å². The number of nitrogens with one attached hydrogen (secondary N) is 3. The van der Waals surface area contributed by atoms with E-state index in [0.29, 0.717) is 28.2 Å². The smallest absolute Gasteiger partial charge is 0.328 e. The Labute approximate surface area is 234 Å². The van der Waals surface area contributed by atoms with Crippen molar-refractivity contribution in [3.8, 4) is 11.6 Å². The fraction of sp³-hybridized carbons (Fsp3) is 0.296. The van der Waals surface area contributed by atoms with E-state index in [1.165, 1.54) is 28.9 Å². The molecule has 2 aliphatic heterocycles. The van der Waals surface area contributed by atoms with Crippen LogP contribution in [0.1, 0.15) is 37.3 Å². The number of amides is 4. The second kappa shape index (κ2) is 10.9. The van der Waals surface area contributed by atoms with Gasteiger partial charge in [-0.2, -0.15) is 5.10 Å². The van der Waals surface area contributed by atoms with E-state index in [1.54, 1.807) is 42.7 Å². The second-order valence-corrected chi connectivity index (χ2v) is 10.7. The summed E-state index contributed by atoms with van der Waals surface area (Å²) in [6, 6.07) is 7.16. The van der Waals surface area contributed by atoms with Gasteiger partial charge in [0.25, 0.3) is 0 Å². The monoisotopic (exact) mass is 558 g/mol. The maximum Gasteiger partial charge on any atom is 0.328 e. The summed E-state index contributed by atoms with van der Waals surface area (Å²) in [6.07, 6.45) is 9.38. The highest BCUT2D eigenvalue weighted by atomic mass is 32.2. The van der Waals surface area contributed by atoms with Crippen LogP contribution in [0.3, 0.4) is 0 Å². The molecule has 12 nitrogen and oxygen atoms in total. The van der Waals surface area contributed by atoms with Crippen molar-refractivity contribution in [2.75, 3.05) is 4.90 Å². The average Bonchev–Trinajstić information content (AvgIpc) is 3.35. The Balaban J connectivity index is 1.21. The Morgan fingerprint density at radius 3 is 2.65 bits per heavy atom. The molecule has 1 fully saturated rings. The van der Waals surface area contributed by atoms with Crippen LogP contribution in [-0.2, 0) is 9.59 Å². The van der Waals surface area contributed by atoms with E-state index < -0.39 is 17.3 Å². The van der Waals surface area contributed by atoms with Crippen LogP contribution >= 0.6 is 11.8 Å². The first-order valence-electron chi connectivity index (χ1n) is 12.9. The molecule has 1 saturated carbocycles. The van der Waals surface area contributed by atoms with Gasteiger partial charge >= 0.3 is 6.03 Å². The second-order valence-electron chi connectivity index (χ2n) is 9.58. The first-order chi connectivity index (χ1) is 19.5. The molecule has 0 radical (unpaired) electrons. The molecule has 6 rings (SSSR count).